The summed E-state index contributed by atoms with van der Waals surface area (Å²) in [5.74, 6) is 5.24. The number of unbranched alkanes of at least 4 members (excludes halogenated alkanes) is 1. The van der Waals surface area contributed by atoms with Crippen LogP contribution < -0.4 is 0 Å². The lowest BCUT2D eigenvalue weighted by molar-refractivity contribution is 0.316. The van der Waals surface area contributed by atoms with E-state index >= 15 is 0 Å². The highest BCUT2D eigenvalue weighted by molar-refractivity contribution is 14.1. The van der Waals surface area contributed by atoms with Crippen LogP contribution in [0.5, 0.6) is 0 Å². The molecule has 5 heterocycles. The Morgan fingerprint density at radius 1 is 0.739 bits per heavy atom. The third-order valence-electron chi connectivity index (χ3n) is 11.2. The van der Waals surface area contributed by atoms with Crippen molar-refractivity contribution in [3.05, 3.63) is 56.2 Å². The molecule has 8 nitrogen and oxygen atoms in total. The number of aromatic amines is 2. The number of hydrogen-bond acceptors (Lipinski definition) is 6. The number of nitrogens with one attached hydrogen (secondary N) is 2. The van der Waals surface area contributed by atoms with Crippen LogP contribution in [0.15, 0.2) is 24.3 Å². The molecule has 0 saturated carbocycles. The summed E-state index contributed by atoms with van der Waals surface area (Å²) < 4.78 is 1.09. The van der Waals surface area contributed by atoms with Gasteiger partial charge in [-0.05, 0) is 84.3 Å². The first kappa shape index (κ1) is 29.9. The molecule has 3 aromatic heterocycles. The number of allylic oxidation sites excluding steroid dienone is 2. The highest BCUT2D eigenvalue weighted by Gasteiger charge is 2.36. The van der Waals surface area contributed by atoms with Crippen LogP contribution in [0.25, 0.3) is 56.5 Å². The topological polar surface area (TPSA) is 109 Å². The maximum atomic E-state index is 5.41. The molecule has 5 atom stereocenters. The SMILES string of the molecule is CCCCc1c(I)c2nc3nc(nc4[nH]c(nc5nc(nc1[nH]2)C1=C5[C@H](C)[C@H](C)CC1)c1c4C[C@H](C)[C@H](C)[C@@H]1C)-c1ccccc1-3. The Bertz CT molecular complexity index is 2090. The lowest BCUT2D eigenvalue weighted by Gasteiger charge is -2.32. The van der Waals surface area contributed by atoms with Crippen LogP contribution >= 0.6 is 22.6 Å². The first-order valence-corrected chi connectivity index (χ1v) is 18.1. The predicted octanol–water partition coefficient (Wildman–Crippen LogP) is 9.08. The monoisotopic (exact) mass is 724 g/mol. The van der Waals surface area contributed by atoms with E-state index in [-0.39, 0.29) is 0 Å². The molecule has 2 aliphatic carbocycles. The Labute approximate surface area is 283 Å². The van der Waals surface area contributed by atoms with E-state index in [2.05, 4.69) is 86.2 Å². The van der Waals surface area contributed by atoms with Crippen LogP contribution in [-0.2, 0) is 12.8 Å². The summed E-state index contributed by atoms with van der Waals surface area (Å²) in [5.41, 5.74) is 11.6. The van der Waals surface area contributed by atoms with Crippen LogP contribution in [0.3, 0.4) is 0 Å². The molecule has 2 aliphatic heterocycles. The van der Waals surface area contributed by atoms with E-state index in [1.165, 1.54) is 27.8 Å². The van der Waals surface area contributed by atoms with Gasteiger partial charge in [-0.3, -0.25) is 0 Å². The van der Waals surface area contributed by atoms with Gasteiger partial charge in [-0.2, -0.15) is 0 Å². The van der Waals surface area contributed by atoms with E-state index < -0.39 is 0 Å². The summed E-state index contributed by atoms with van der Waals surface area (Å²) >= 11 is 2.43. The summed E-state index contributed by atoms with van der Waals surface area (Å²) in [6.07, 6.45) is 6.14. The van der Waals surface area contributed by atoms with Crippen molar-refractivity contribution in [1.29, 1.82) is 0 Å². The maximum absolute atomic E-state index is 5.41. The second kappa shape index (κ2) is 11.3. The fraction of sp³-hybridized carbons (Fsp3) is 0.459. The molecule has 0 amide bonds. The van der Waals surface area contributed by atoms with E-state index in [1.54, 1.807) is 0 Å². The Hall–Kier alpha value is -3.47. The number of hydrogen-bond donors (Lipinski definition) is 2. The number of rotatable bonds is 3. The molecular formula is C37H41IN8. The quantitative estimate of drug-likeness (QED) is 0.180. The number of halogens is 1. The number of aromatic nitrogens is 8. The number of H-pyrrole nitrogens is 2. The average molecular weight is 725 g/mol. The lowest BCUT2D eigenvalue weighted by atomic mass is 9.72. The van der Waals surface area contributed by atoms with Crippen molar-refractivity contribution in [3.63, 3.8) is 0 Å². The third kappa shape index (κ3) is 4.66. The summed E-state index contributed by atoms with van der Waals surface area (Å²) in [6, 6.07) is 8.28. The van der Waals surface area contributed by atoms with Gasteiger partial charge in [0.25, 0.3) is 0 Å². The fourth-order valence-electron chi connectivity index (χ4n) is 7.89. The molecule has 0 fully saturated rings. The van der Waals surface area contributed by atoms with Gasteiger partial charge in [0.05, 0.1) is 3.57 Å². The molecule has 1 aromatic carbocycles. The maximum Gasteiger partial charge on any atom is 0.164 e. The van der Waals surface area contributed by atoms with Crippen LogP contribution in [0.2, 0.25) is 0 Å². The molecular weight excluding hydrogens is 683 g/mol. The summed E-state index contributed by atoms with van der Waals surface area (Å²) in [5, 5.41) is 0. The zero-order chi connectivity index (χ0) is 31.9. The summed E-state index contributed by atoms with van der Waals surface area (Å²) in [4.78, 5) is 38.7. The number of fused-ring (bicyclic) bond motifs is 16. The summed E-state index contributed by atoms with van der Waals surface area (Å²) in [6.45, 7) is 14.0. The first-order valence-electron chi connectivity index (χ1n) is 17.0. The van der Waals surface area contributed by atoms with Crippen molar-refractivity contribution < 1.29 is 0 Å². The second-order valence-electron chi connectivity index (χ2n) is 14.0. The van der Waals surface area contributed by atoms with Crippen LogP contribution in [0.1, 0.15) is 101 Å². The minimum Gasteiger partial charge on any atom is -0.324 e. The molecule has 46 heavy (non-hydrogen) atoms. The van der Waals surface area contributed by atoms with E-state index in [9.17, 15) is 0 Å². The van der Waals surface area contributed by atoms with E-state index in [1.807, 2.05) is 12.1 Å². The molecule has 8 rings (SSSR count). The fourth-order valence-corrected chi connectivity index (χ4v) is 8.67. The van der Waals surface area contributed by atoms with Crippen molar-refractivity contribution >= 4 is 56.3 Å². The first-order chi connectivity index (χ1) is 22.2. The van der Waals surface area contributed by atoms with Crippen molar-refractivity contribution in [1.82, 2.24) is 39.9 Å². The molecule has 2 N–H and O–H groups in total. The van der Waals surface area contributed by atoms with Gasteiger partial charge < -0.3 is 9.97 Å². The molecule has 0 spiro atoms. The van der Waals surface area contributed by atoms with Crippen molar-refractivity contribution in [2.45, 2.75) is 86.0 Å². The molecule has 4 aromatic rings. The van der Waals surface area contributed by atoms with Gasteiger partial charge in [0, 0.05) is 39.0 Å². The van der Waals surface area contributed by atoms with Gasteiger partial charge in [0.2, 0.25) is 0 Å². The van der Waals surface area contributed by atoms with Gasteiger partial charge >= 0.3 is 0 Å². The zero-order valence-corrected chi connectivity index (χ0v) is 29.7. The highest BCUT2D eigenvalue weighted by Crippen LogP contribution is 2.47. The number of nitrogens with zero attached hydrogens (tertiary/aromatic N) is 6. The van der Waals surface area contributed by atoms with E-state index in [4.69, 9.17) is 29.9 Å². The largest absolute Gasteiger partial charge is 0.324 e. The highest BCUT2D eigenvalue weighted by atomic mass is 127. The molecule has 4 aliphatic rings. The molecule has 9 heteroatoms. The van der Waals surface area contributed by atoms with Crippen molar-refractivity contribution in [3.8, 4) is 22.8 Å². The minimum atomic E-state index is 0.334. The van der Waals surface area contributed by atoms with Crippen molar-refractivity contribution in [2.75, 3.05) is 0 Å². The van der Waals surface area contributed by atoms with Gasteiger partial charge in [0.1, 0.15) is 22.6 Å². The molecule has 0 unspecified atom stereocenters. The van der Waals surface area contributed by atoms with E-state index in [0.717, 1.165) is 87.5 Å². The minimum absolute atomic E-state index is 0.334. The second-order valence-corrected chi connectivity index (χ2v) is 15.0. The zero-order valence-electron chi connectivity index (χ0n) is 27.5. The summed E-state index contributed by atoms with van der Waals surface area (Å²) in [7, 11) is 0. The van der Waals surface area contributed by atoms with Gasteiger partial charge in [-0.1, -0.05) is 72.2 Å². The Balaban J connectivity index is 1.52. The van der Waals surface area contributed by atoms with Crippen molar-refractivity contribution in [2.24, 2.45) is 23.7 Å². The standard InChI is InChI=1S/C37H41IN8/c1-7-8-11-25-29(38)37-44-31-23-13-10-9-12-22(23)30(39-31)40-34-26-16-18(3)19(4)21(6)28(26)36(43-34)46-35-27-20(5)17(2)14-15-24(27)32(42-35)41-33(25)45-37/h9-10,12-13,17-21H,7-8,11,14-16H2,1-6H3,(H2,39,40,41,42,43,44,45,46)/t17-,18+,19+,20-,21+/m1/s1. The Morgan fingerprint density at radius 3 is 2.13 bits per heavy atom. The number of aryl methyl sites for hydroxylation is 1. The van der Waals surface area contributed by atoms with E-state index in [0.29, 0.717) is 41.2 Å². The third-order valence-corrected chi connectivity index (χ3v) is 12.4. The number of benzene rings is 1. The Morgan fingerprint density at radius 2 is 1.39 bits per heavy atom. The smallest absolute Gasteiger partial charge is 0.164 e. The van der Waals surface area contributed by atoms with Crippen LogP contribution in [0.4, 0.5) is 0 Å². The van der Waals surface area contributed by atoms with Crippen LogP contribution in [-0.4, -0.2) is 39.9 Å². The molecule has 0 saturated heterocycles. The predicted molar refractivity (Wildman–Crippen MR) is 193 cm³/mol. The van der Waals surface area contributed by atoms with Crippen LogP contribution in [0, 0.1) is 27.2 Å². The normalized spacial score (nSPS) is 23.7. The Kier molecular flexibility index (Phi) is 7.38. The average Bonchev–Trinajstić information content (AvgIpc) is 3.75. The lowest BCUT2D eigenvalue weighted by Crippen LogP contribution is -2.23. The molecule has 236 valence electrons. The molecule has 0 radical (unpaired) electrons. The van der Waals surface area contributed by atoms with Gasteiger partial charge in [-0.25, -0.2) is 29.9 Å². The molecule has 8 bridgehead atoms. The van der Waals surface area contributed by atoms with Gasteiger partial charge in [-0.15, -0.1) is 0 Å². The van der Waals surface area contributed by atoms with Gasteiger partial charge in [0.15, 0.2) is 23.3 Å².